The molecule has 2 aliphatic rings. The van der Waals surface area contributed by atoms with Gasteiger partial charge in [-0.2, -0.15) is 0 Å². The van der Waals surface area contributed by atoms with Crippen LogP contribution in [0.1, 0.15) is 90.6 Å². The summed E-state index contributed by atoms with van der Waals surface area (Å²) >= 11 is 0. The van der Waals surface area contributed by atoms with Crippen molar-refractivity contribution in [2.24, 2.45) is 5.90 Å². The van der Waals surface area contributed by atoms with Crippen LogP contribution in [0.3, 0.4) is 0 Å². The molecule has 39 heteroatoms. The van der Waals surface area contributed by atoms with Crippen LogP contribution in [0.15, 0.2) is 36.4 Å². The number of carboxylic acids is 1. The molecule has 0 spiro atoms. The summed E-state index contributed by atoms with van der Waals surface area (Å²) in [4.78, 5) is 104. The number of aliphatic hydroxyl groups is 6. The largest absolute Gasteiger partial charge is 0.479 e. The maximum Gasteiger partial charge on any atom is 0.335 e. The summed E-state index contributed by atoms with van der Waals surface area (Å²) in [5.41, 5.74) is 0.830. The molecule has 2 saturated heterocycles. The Hall–Kier alpha value is -6.88. The molecule has 39 nitrogen and oxygen atoms in total. The normalized spacial score (nSPS) is 19.3. The quantitative estimate of drug-likeness (QED) is 0.0179. The van der Waals surface area contributed by atoms with Crippen LogP contribution in [-0.4, -0.2) is 336 Å². The number of ketones is 1. The summed E-state index contributed by atoms with van der Waals surface area (Å²) in [5.74, 6) is 0.222. The van der Waals surface area contributed by atoms with Crippen LogP contribution in [0.2, 0.25) is 0 Å². The van der Waals surface area contributed by atoms with Crippen molar-refractivity contribution in [3.05, 3.63) is 58.7 Å². The third-order valence-corrected chi connectivity index (χ3v) is 15.6. The molecule has 13 N–H and O–H groups in total. The smallest absolute Gasteiger partial charge is 0.335 e. The number of unbranched alkanes of at least 4 members (excludes halogenated alkanes) is 1. The Morgan fingerprint density at radius 1 is 0.450 bits per heavy atom. The average Bonchev–Trinajstić information content (AvgIpc) is 0.801. The lowest BCUT2D eigenvalue weighted by Gasteiger charge is -2.38. The standard InChI is InChI=1S/C70H111N5O34/c1-47(76)103-44-49-8-10-56(107-69-63(85)60(82)55(79)46-105-69)51(42-49)66(87)73-15-20-94-25-30-98-35-39-101-37-33-97-29-24-93-19-13-59(81)75-53(54(78)7-5-17-91-22-27-102-40-41-106-71)6-3-4-14-72-58(80)12-18-92-23-28-96-32-36-100-38-34-99-31-26-95-21-16-74-67(88)52-43-50(45-104-48(2)77)9-11-57(52)108-70-64(86)61(83)62(84)65(109-70)68(89)90/h8-11,42-43,53,55,60-65,69-70,79,82-86H,3-7,12-41,44-46,71H2,1-2H3,(H,72,80)(H,73,87)(H,74,88)(H,75,81)(H,89,90)/t53-,55+,60-,61-,62-,63+,64+,65-,69-,70+/m0/s1. The third-order valence-electron chi connectivity index (χ3n) is 15.6. The lowest BCUT2D eigenvalue weighted by atomic mass is 9.99. The molecule has 4 rings (SSSR count). The Morgan fingerprint density at radius 3 is 1.31 bits per heavy atom. The first-order valence-corrected chi connectivity index (χ1v) is 36.0. The van der Waals surface area contributed by atoms with Gasteiger partial charge in [-0.25, -0.2) is 10.7 Å². The molecule has 2 aliphatic heterocycles. The van der Waals surface area contributed by atoms with Crippen LogP contribution >= 0.6 is 0 Å². The number of amides is 4. The maximum atomic E-state index is 13.3. The number of carbonyl (C=O) groups is 8. The number of benzene rings is 2. The molecule has 2 aromatic carbocycles. The molecule has 0 bridgehead atoms. The monoisotopic (exact) mass is 1570 g/mol. The number of ether oxygens (including phenoxy) is 18. The van der Waals surface area contributed by atoms with Gasteiger partial charge < -0.3 is 147 Å². The molecule has 2 heterocycles. The van der Waals surface area contributed by atoms with Crippen LogP contribution < -0.4 is 36.6 Å². The molecular formula is C70H111N5O34. The number of rotatable bonds is 64. The molecule has 0 radical (unpaired) electrons. The number of Topliss-reactive ketones (excluding diaryl/α,β-unsaturated/α-hetero) is 1. The lowest BCUT2D eigenvalue weighted by Crippen LogP contribution is -2.61. The highest BCUT2D eigenvalue weighted by Crippen LogP contribution is 2.29. The molecule has 620 valence electrons. The van der Waals surface area contributed by atoms with Gasteiger partial charge >= 0.3 is 17.9 Å². The first-order chi connectivity index (χ1) is 52.7. The van der Waals surface area contributed by atoms with Crippen molar-refractivity contribution in [1.29, 1.82) is 0 Å². The summed E-state index contributed by atoms with van der Waals surface area (Å²) in [6.07, 6.45) is -13.1. The minimum Gasteiger partial charge on any atom is -0.479 e. The molecule has 0 aliphatic carbocycles. The first kappa shape index (κ1) is 94.5. The van der Waals surface area contributed by atoms with Crippen LogP contribution in [0.4, 0.5) is 0 Å². The molecule has 0 unspecified atom stereocenters. The number of hydrogen-bond donors (Lipinski definition) is 12. The van der Waals surface area contributed by atoms with Gasteiger partial charge in [0.05, 0.1) is 182 Å². The number of nitrogens with two attached hydrogens (primary N) is 1. The van der Waals surface area contributed by atoms with Crippen molar-refractivity contribution < 1.29 is 164 Å². The second kappa shape index (κ2) is 58.1. The average molecular weight is 1570 g/mol. The summed E-state index contributed by atoms with van der Waals surface area (Å²) in [6.45, 7) is 8.74. The Balaban J connectivity index is 0.970. The fourth-order valence-electron chi connectivity index (χ4n) is 9.83. The highest BCUT2D eigenvalue weighted by molar-refractivity contribution is 5.98. The Kier molecular flexibility index (Phi) is 50.3. The molecule has 4 amide bonds. The van der Waals surface area contributed by atoms with E-state index in [2.05, 4.69) is 26.1 Å². The predicted molar refractivity (Wildman–Crippen MR) is 374 cm³/mol. The van der Waals surface area contributed by atoms with Crippen LogP contribution in [0.25, 0.3) is 0 Å². The molecule has 0 saturated carbocycles. The molecule has 10 atom stereocenters. The van der Waals surface area contributed by atoms with E-state index >= 15 is 0 Å². The van der Waals surface area contributed by atoms with Gasteiger partial charge in [-0.3, -0.25) is 33.6 Å². The van der Waals surface area contributed by atoms with E-state index in [-0.39, 0.29) is 191 Å². The highest BCUT2D eigenvalue weighted by Gasteiger charge is 2.48. The predicted octanol–water partition coefficient (Wildman–Crippen LogP) is -2.95. The number of hydrogen-bond acceptors (Lipinski definition) is 34. The minimum atomic E-state index is -1.95. The second-order valence-corrected chi connectivity index (χ2v) is 24.2. The van der Waals surface area contributed by atoms with Gasteiger partial charge in [0, 0.05) is 59.4 Å². The van der Waals surface area contributed by atoms with Crippen LogP contribution in [-0.2, 0) is 123 Å². The van der Waals surface area contributed by atoms with Crippen molar-refractivity contribution >= 4 is 47.3 Å². The van der Waals surface area contributed by atoms with E-state index < -0.39 is 91.1 Å². The summed E-state index contributed by atoms with van der Waals surface area (Å²) in [7, 11) is 0. The van der Waals surface area contributed by atoms with Gasteiger partial charge in [-0.15, -0.1) is 0 Å². The van der Waals surface area contributed by atoms with E-state index in [9.17, 15) is 74.1 Å². The summed E-state index contributed by atoms with van der Waals surface area (Å²) < 4.78 is 98.2. The van der Waals surface area contributed by atoms with Gasteiger partial charge in [-0.05, 0) is 61.1 Å². The van der Waals surface area contributed by atoms with Gasteiger partial charge in [0.15, 0.2) is 11.9 Å². The maximum absolute atomic E-state index is 13.3. The lowest BCUT2D eigenvalue weighted by molar-refractivity contribution is -0.271. The number of aliphatic carboxylic acids is 1. The number of nitrogens with one attached hydrogen (secondary N) is 4. The number of carboxylic acid groups (broad SMARTS) is 1. The van der Waals surface area contributed by atoms with Gasteiger partial charge in [0.25, 0.3) is 11.8 Å². The van der Waals surface area contributed by atoms with E-state index in [1.807, 2.05) is 0 Å². The van der Waals surface area contributed by atoms with E-state index in [4.69, 9.17) is 91.2 Å². The third kappa shape index (κ3) is 41.3. The van der Waals surface area contributed by atoms with Crippen molar-refractivity contribution in [2.45, 2.75) is 133 Å². The van der Waals surface area contributed by atoms with Crippen LogP contribution in [0, 0.1) is 0 Å². The molecular weight excluding hydrogens is 1450 g/mol. The molecule has 2 aromatic rings. The van der Waals surface area contributed by atoms with E-state index in [0.717, 1.165) is 0 Å². The van der Waals surface area contributed by atoms with Crippen molar-refractivity contribution in [1.82, 2.24) is 21.3 Å². The zero-order chi connectivity index (χ0) is 79.2. The van der Waals surface area contributed by atoms with Gasteiger partial charge in [0.1, 0.15) is 61.3 Å². The zero-order valence-electron chi connectivity index (χ0n) is 61.8. The Labute approximate surface area is 631 Å². The minimum absolute atomic E-state index is 0.0150. The topological polar surface area (TPSA) is 528 Å². The molecule has 0 aromatic heterocycles. The first-order valence-electron chi connectivity index (χ1n) is 36.0. The fourth-order valence-corrected chi connectivity index (χ4v) is 9.83. The zero-order valence-corrected chi connectivity index (χ0v) is 61.8. The Bertz CT molecular complexity index is 2910. The van der Waals surface area contributed by atoms with Gasteiger partial charge in [-0.1, -0.05) is 12.1 Å². The molecule has 2 fully saturated rings. The number of aliphatic hydroxyl groups excluding tert-OH is 6. The number of esters is 2. The summed E-state index contributed by atoms with van der Waals surface area (Å²) in [6, 6.07) is 7.84. The second-order valence-electron chi connectivity index (χ2n) is 24.2. The van der Waals surface area contributed by atoms with E-state index in [0.29, 0.717) is 109 Å². The van der Waals surface area contributed by atoms with Gasteiger partial charge in [0.2, 0.25) is 24.4 Å². The SMILES string of the molecule is CC(=O)OCc1ccc(O[C@@H]2O[C@H](C(=O)O)[C@@H](O)[C@H](O)[C@H]2O)c(C(=O)NCCOCCOCCOCCOCCOCCC(=O)NCCCC[C@H](NC(=O)CCOCCOCCOCCOCCOCCNC(=O)c2cc(COC(C)=O)ccc2O[C@@H]2OC[C@@H](O)[C@H](O)[C@H]2O)C(=O)CCCOCCOCCON)c1. The van der Waals surface area contributed by atoms with Crippen LogP contribution in [0.5, 0.6) is 11.5 Å². The van der Waals surface area contributed by atoms with E-state index in [1.165, 1.54) is 44.2 Å². The summed E-state index contributed by atoms with van der Waals surface area (Å²) in [5, 5.41) is 81.3. The van der Waals surface area contributed by atoms with E-state index in [1.54, 1.807) is 6.07 Å². The molecule has 109 heavy (non-hydrogen) atoms. The highest BCUT2D eigenvalue weighted by atomic mass is 16.7. The van der Waals surface area contributed by atoms with Crippen molar-refractivity contribution in [3.63, 3.8) is 0 Å². The number of carbonyl (C=O) groups excluding carboxylic acids is 7. The Morgan fingerprint density at radius 2 is 0.862 bits per heavy atom. The van der Waals surface area contributed by atoms with Crippen molar-refractivity contribution in [2.75, 3.05) is 191 Å². The fraction of sp³-hybridized carbons (Fsp3) is 0.714. The van der Waals surface area contributed by atoms with Crippen molar-refractivity contribution in [3.8, 4) is 11.5 Å².